The first-order valence-electron chi connectivity index (χ1n) is 6.99. The van der Waals surface area contributed by atoms with Gasteiger partial charge in [-0.25, -0.2) is 0 Å². The second kappa shape index (κ2) is 6.18. The van der Waals surface area contributed by atoms with E-state index in [-0.39, 0.29) is 24.4 Å². The van der Waals surface area contributed by atoms with Crippen molar-refractivity contribution in [3.8, 4) is 0 Å². The fraction of sp³-hybridized carbons (Fsp3) is 0.846. The van der Waals surface area contributed by atoms with Crippen molar-refractivity contribution in [3.05, 3.63) is 0 Å². The summed E-state index contributed by atoms with van der Waals surface area (Å²) in [5.74, 6) is 0.643. The minimum atomic E-state index is -0.0237. The van der Waals surface area contributed by atoms with Crippen LogP contribution >= 0.6 is 0 Å². The molecule has 0 aromatic carbocycles. The van der Waals surface area contributed by atoms with E-state index < -0.39 is 0 Å². The number of hydrogen-bond donors (Lipinski definition) is 2. The van der Waals surface area contributed by atoms with Gasteiger partial charge in [0.2, 0.25) is 11.8 Å². The van der Waals surface area contributed by atoms with Gasteiger partial charge in [0.15, 0.2) is 0 Å². The van der Waals surface area contributed by atoms with E-state index in [4.69, 9.17) is 0 Å². The first-order valence-corrected chi connectivity index (χ1v) is 6.99. The van der Waals surface area contributed by atoms with Gasteiger partial charge < -0.3 is 15.5 Å². The Morgan fingerprint density at radius 1 is 1.50 bits per heavy atom. The van der Waals surface area contributed by atoms with E-state index in [2.05, 4.69) is 10.6 Å². The number of likely N-dealkylation sites (tertiary alicyclic amines) is 1. The molecule has 2 aliphatic heterocycles. The molecule has 5 heteroatoms. The number of amides is 2. The lowest BCUT2D eigenvalue weighted by molar-refractivity contribution is -0.143. The molecule has 0 aromatic heterocycles. The predicted octanol–water partition coefficient (Wildman–Crippen LogP) is 0.113. The maximum absolute atomic E-state index is 12.0. The van der Waals surface area contributed by atoms with Crippen LogP contribution in [0.3, 0.4) is 0 Å². The van der Waals surface area contributed by atoms with Crippen LogP contribution in [0.25, 0.3) is 0 Å². The van der Waals surface area contributed by atoms with Crippen LogP contribution in [-0.4, -0.2) is 48.9 Å². The molecule has 5 nitrogen and oxygen atoms in total. The Morgan fingerprint density at radius 3 is 3.11 bits per heavy atom. The summed E-state index contributed by atoms with van der Waals surface area (Å²) in [5, 5.41) is 6.22. The SMILES string of the molecule is CCCNC(=O)CN1C(=O)CCC2CNCCC21. The van der Waals surface area contributed by atoms with Gasteiger partial charge in [0, 0.05) is 19.0 Å². The number of fused-ring (bicyclic) bond motifs is 1. The Labute approximate surface area is 108 Å². The first kappa shape index (κ1) is 13.3. The van der Waals surface area contributed by atoms with Crippen LogP contribution in [0.1, 0.15) is 32.6 Å². The van der Waals surface area contributed by atoms with Crippen molar-refractivity contribution in [3.63, 3.8) is 0 Å². The molecule has 0 spiro atoms. The molecule has 18 heavy (non-hydrogen) atoms. The average Bonchev–Trinajstić information content (AvgIpc) is 2.40. The summed E-state index contributed by atoms with van der Waals surface area (Å²) in [4.78, 5) is 25.6. The molecular weight excluding hydrogens is 230 g/mol. The largest absolute Gasteiger partial charge is 0.355 e. The molecule has 0 aliphatic carbocycles. The van der Waals surface area contributed by atoms with Gasteiger partial charge in [0.05, 0.1) is 6.54 Å². The van der Waals surface area contributed by atoms with Crippen LogP contribution in [0.5, 0.6) is 0 Å². The normalized spacial score (nSPS) is 27.8. The Balaban J connectivity index is 1.94. The number of carbonyl (C=O) groups excluding carboxylic acids is 2. The Morgan fingerprint density at radius 2 is 2.33 bits per heavy atom. The van der Waals surface area contributed by atoms with Gasteiger partial charge in [-0.1, -0.05) is 6.92 Å². The van der Waals surface area contributed by atoms with Gasteiger partial charge >= 0.3 is 0 Å². The highest BCUT2D eigenvalue weighted by molar-refractivity contribution is 5.85. The highest BCUT2D eigenvalue weighted by Gasteiger charge is 2.37. The van der Waals surface area contributed by atoms with Crippen molar-refractivity contribution >= 4 is 11.8 Å². The molecular formula is C13H23N3O2. The Bertz CT molecular complexity index is 319. The second-order valence-corrected chi connectivity index (χ2v) is 5.23. The highest BCUT2D eigenvalue weighted by Crippen LogP contribution is 2.28. The van der Waals surface area contributed by atoms with E-state index in [1.54, 1.807) is 4.90 Å². The van der Waals surface area contributed by atoms with E-state index in [1.807, 2.05) is 6.92 Å². The predicted molar refractivity (Wildman–Crippen MR) is 69.0 cm³/mol. The maximum atomic E-state index is 12.0. The number of nitrogens with zero attached hydrogens (tertiary/aromatic N) is 1. The summed E-state index contributed by atoms with van der Waals surface area (Å²) < 4.78 is 0. The van der Waals surface area contributed by atoms with Crippen molar-refractivity contribution in [1.82, 2.24) is 15.5 Å². The first-order chi connectivity index (χ1) is 8.72. The molecule has 102 valence electrons. The molecule has 0 saturated carbocycles. The van der Waals surface area contributed by atoms with E-state index >= 15 is 0 Å². The zero-order chi connectivity index (χ0) is 13.0. The van der Waals surface area contributed by atoms with Crippen molar-refractivity contribution in [1.29, 1.82) is 0 Å². The highest BCUT2D eigenvalue weighted by atomic mass is 16.2. The van der Waals surface area contributed by atoms with Crippen LogP contribution in [0, 0.1) is 5.92 Å². The molecule has 0 radical (unpaired) electrons. The van der Waals surface area contributed by atoms with Crippen LogP contribution in [0.15, 0.2) is 0 Å². The molecule has 0 bridgehead atoms. The van der Waals surface area contributed by atoms with Gasteiger partial charge in [-0.2, -0.15) is 0 Å². The summed E-state index contributed by atoms with van der Waals surface area (Å²) in [6.45, 7) is 4.87. The third kappa shape index (κ3) is 3.02. The average molecular weight is 253 g/mol. The summed E-state index contributed by atoms with van der Waals surface area (Å²) in [5.41, 5.74) is 0. The van der Waals surface area contributed by atoms with Gasteiger partial charge in [0.1, 0.15) is 0 Å². The van der Waals surface area contributed by atoms with E-state index in [0.717, 1.165) is 32.4 Å². The van der Waals surface area contributed by atoms with Crippen LogP contribution in [0.4, 0.5) is 0 Å². The van der Waals surface area contributed by atoms with Gasteiger partial charge in [-0.3, -0.25) is 9.59 Å². The minimum Gasteiger partial charge on any atom is -0.355 e. The van der Waals surface area contributed by atoms with Crippen molar-refractivity contribution < 1.29 is 9.59 Å². The number of rotatable bonds is 4. The van der Waals surface area contributed by atoms with Crippen LogP contribution in [-0.2, 0) is 9.59 Å². The second-order valence-electron chi connectivity index (χ2n) is 5.23. The quantitative estimate of drug-likeness (QED) is 0.748. The fourth-order valence-corrected chi connectivity index (χ4v) is 2.93. The maximum Gasteiger partial charge on any atom is 0.239 e. The Hall–Kier alpha value is -1.10. The topological polar surface area (TPSA) is 61.4 Å². The van der Waals surface area contributed by atoms with Crippen molar-refractivity contribution in [2.24, 2.45) is 5.92 Å². The third-order valence-corrected chi connectivity index (χ3v) is 3.90. The van der Waals surface area contributed by atoms with Crippen molar-refractivity contribution in [2.45, 2.75) is 38.6 Å². The Kier molecular flexibility index (Phi) is 4.58. The number of carbonyl (C=O) groups is 2. The summed E-state index contributed by atoms with van der Waals surface area (Å²) in [6.07, 6.45) is 3.45. The van der Waals surface area contributed by atoms with E-state index in [0.29, 0.717) is 18.9 Å². The zero-order valence-corrected chi connectivity index (χ0v) is 11.1. The van der Waals surface area contributed by atoms with E-state index in [9.17, 15) is 9.59 Å². The molecule has 2 unspecified atom stereocenters. The standard InChI is InChI=1S/C13H23N3O2/c1-2-6-15-12(17)9-16-11-5-7-14-8-10(11)3-4-13(16)18/h10-11,14H,2-9H2,1H3,(H,15,17). The van der Waals surface area contributed by atoms with Gasteiger partial charge in [0.25, 0.3) is 0 Å². The number of hydrogen-bond acceptors (Lipinski definition) is 3. The lowest BCUT2D eigenvalue weighted by atomic mass is 9.84. The lowest BCUT2D eigenvalue weighted by Crippen LogP contribution is -2.57. The number of nitrogens with one attached hydrogen (secondary N) is 2. The summed E-state index contributed by atoms with van der Waals surface area (Å²) in [6, 6.07) is 0.264. The van der Waals surface area contributed by atoms with Crippen LogP contribution < -0.4 is 10.6 Å². The van der Waals surface area contributed by atoms with Crippen molar-refractivity contribution in [2.75, 3.05) is 26.2 Å². The van der Waals surface area contributed by atoms with Gasteiger partial charge in [-0.05, 0) is 38.3 Å². The molecule has 2 aliphatic rings. The lowest BCUT2D eigenvalue weighted by Gasteiger charge is -2.43. The molecule has 2 N–H and O–H groups in total. The fourth-order valence-electron chi connectivity index (χ4n) is 2.93. The van der Waals surface area contributed by atoms with Gasteiger partial charge in [-0.15, -0.1) is 0 Å². The molecule has 2 heterocycles. The molecule has 2 rings (SSSR count). The third-order valence-electron chi connectivity index (χ3n) is 3.90. The molecule has 0 aromatic rings. The molecule has 2 fully saturated rings. The summed E-state index contributed by atoms with van der Waals surface area (Å²) in [7, 11) is 0. The molecule has 2 saturated heterocycles. The summed E-state index contributed by atoms with van der Waals surface area (Å²) >= 11 is 0. The minimum absolute atomic E-state index is 0.0237. The molecule has 2 atom stereocenters. The van der Waals surface area contributed by atoms with Crippen LogP contribution in [0.2, 0.25) is 0 Å². The number of piperidine rings is 2. The molecule has 2 amide bonds. The van der Waals surface area contributed by atoms with E-state index in [1.165, 1.54) is 0 Å². The zero-order valence-electron chi connectivity index (χ0n) is 11.1. The smallest absolute Gasteiger partial charge is 0.239 e. The monoisotopic (exact) mass is 253 g/mol.